The lowest BCUT2D eigenvalue weighted by Crippen LogP contribution is -2.20. The number of carbonyl (C=O) groups excluding carboxylic acids is 1. The summed E-state index contributed by atoms with van der Waals surface area (Å²) in [6.07, 6.45) is 1.33. The minimum absolute atomic E-state index is 0.226. The summed E-state index contributed by atoms with van der Waals surface area (Å²) in [5.74, 6) is -0.394. The van der Waals surface area contributed by atoms with Gasteiger partial charge < -0.3 is 14.8 Å². The topological polar surface area (TPSA) is 107 Å². The van der Waals surface area contributed by atoms with E-state index >= 15 is 0 Å². The lowest BCUT2D eigenvalue weighted by atomic mass is 10.2. The van der Waals surface area contributed by atoms with E-state index in [1.807, 2.05) is 19.1 Å². The molecule has 0 aliphatic heterocycles. The van der Waals surface area contributed by atoms with Crippen LogP contribution in [-0.4, -0.2) is 33.5 Å². The maximum atomic E-state index is 14.1. The van der Waals surface area contributed by atoms with Crippen LogP contribution in [0.2, 0.25) is 0 Å². The minimum Gasteiger partial charge on any atom is -0.493 e. The Morgan fingerprint density at radius 1 is 1.06 bits per heavy atom. The summed E-state index contributed by atoms with van der Waals surface area (Å²) in [4.78, 5) is 16.3. The molecule has 10 heteroatoms. The Bertz CT molecular complexity index is 1210. The molecular formula is C21H20FN3O5S. The van der Waals surface area contributed by atoms with Crippen LogP contribution in [0.5, 0.6) is 17.4 Å². The molecule has 0 saturated carbocycles. The van der Waals surface area contributed by atoms with Gasteiger partial charge in [-0.2, -0.15) is 0 Å². The van der Waals surface area contributed by atoms with E-state index in [4.69, 9.17) is 9.47 Å². The molecule has 0 aliphatic carbocycles. The number of aromatic nitrogens is 1. The summed E-state index contributed by atoms with van der Waals surface area (Å²) >= 11 is 0. The molecule has 0 fully saturated rings. The number of aryl methyl sites for hydroxylation is 1. The molecule has 1 aromatic heterocycles. The van der Waals surface area contributed by atoms with E-state index in [0.29, 0.717) is 11.5 Å². The number of sulfonamides is 1. The molecule has 0 spiro atoms. The highest BCUT2D eigenvalue weighted by molar-refractivity contribution is 7.89. The molecule has 162 valence electrons. The number of nitrogens with one attached hydrogen (secondary N) is 2. The molecule has 1 heterocycles. The Morgan fingerprint density at radius 2 is 1.84 bits per heavy atom. The van der Waals surface area contributed by atoms with Gasteiger partial charge in [0.05, 0.1) is 29.5 Å². The molecule has 3 aromatic rings. The van der Waals surface area contributed by atoms with Gasteiger partial charge in [-0.25, -0.2) is 22.5 Å². The van der Waals surface area contributed by atoms with Gasteiger partial charge in [-0.3, -0.25) is 4.79 Å². The number of anilines is 1. The molecule has 0 aliphatic rings. The lowest BCUT2D eigenvalue weighted by molar-refractivity contribution is 0.102. The molecule has 0 radical (unpaired) electrons. The number of halogens is 1. The Balaban J connectivity index is 1.76. The van der Waals surface area contributed by atoms with Gasteiger partial charge in [0.25, 0.3) is 5.91 Å². The first-order valence-electron chi connectivity index (χ1n) is 9.06. The number of pyridine rings is 1. The quantitative estimate of drug-likeness (QED) is 0.577. The highest BCUT2D eigenvalue weighted by atomic mass is 32.2. The van der Waals surface area contributed by atoms with Crippen LogP contribution < -0.4 is 19.5 Å². The van der Waals surface area contributed by atoms with Crippen molar-refractivity contribution in [3.63, 3.8) is 0 Å². The van der Waals surface area contributed by atoms with Crippen LogP contribution >= 0.6 is 0 Å². The van der Waals surface area contributed by atoms with E-state index in [0.717, 1.165) is 23.8 Å². The first-order valence-corrected chi connectivity index (χ1v) is 10.5. The molecule has 31 heavy (non-hydrogen) atoms. The predicted molar refractivity (Wildman–Crippen MR) is 113 cm³/mol. The minimum atomic E-state index is -3.82. The molecule has 2 aromatic carbocycles. The van der Waals surface area contributed by atoms with Crippen molar-refractivity contribution in [1.29, 1.82) is 0 Å². The Labute approximate surface area is 179 Å². The van der Waals surface area contributed by atoms with Crippen LogP contribution in [0.3, 0.4) is 0 Å². The zero-order valence-corrected chi connectivity index (χ0v) is 17.8. The SMILES string of the molecule is CNS(=O)(=O)c1ccc(F)c(C(=O)Nc2ccc(Oc3ccc(C)cc3OC)nc2)c1. The number of ether oxygens (including phenoxy) is 2. The lowest BCUT2D eigenvalue weighted by Gasteiger charge is -2.11. The van der Waals surface area contributed by atoms with Gasteiger partial charge in [-0.15, -0.1) is 0 Å². The van der Waals surface area contributed by atoms with Crippen molar-refractivity contribution >= 4 is 21.6 Å². The molecule has 0 saturated heterocycles. The molecule has 0 unspecified atom stereocenters. The van der Waals surface area contributed by atoms with Crippen molar-refractivity contribution in [2.24, 2.45) is 0 Å². The number of nitrogens with zero attached hydrogens (tertiary/aromatic N) is 1. The highest BCUT2D eigenvalue weighted by Crippen LogP contribution is 2.31. The standard InChI is InChI=1S/C21H20FN3O5S/c1-13-4-8-18(19(10-13)29-3)30-20-9-5-14(12-24-20)25-21(26)16-11-15(6-7-17(16)22)31(27,28)23-2/h4-12,23H,1-3H3,(H,25,26). The van der Waals surface area contributed by atoms with Gasteiger partial charge in [0.1, 0.15) is 5.82 Å². The van der Waals surface area contributed by atoms with Crippen molar-refractivity contribution in [2.75, 3.05) is 19.5 Å². The first kappa shape index (κ1) is 22.2. The van der Waals surface area contributed by atoms with Crippen LogP contribution in [0.4, 0.5) is 10.1 Å². The molecule has 8 nitrogen and oxygen atoms in total. The van der Waals surface area contributed by atoms with E-state index in [1.165, 1.54) is 32.5 Å². The Morgan fingerprint density at radius 3 is 2.48 bits per heavy atom. The Hall–Kier alpha value is -3.50. The van der Waals surface area contributed by atoms with Crippen LogP contribution in [0.1, 0.15) is 15.9 Å². The number of hydrogen-bond donors (Lipinski definition) is 2. The summed E-state index contributed by atoms with van der Waals surface area (Å²) in [7, 11) is -1.07. The third-order valence-electron chi connectivity index (χ3n) is 4.29. The molecule has 1 amide bonds. The van der Waals surface area contributed by atoms with Crippen molar-refractivity contribution in [3.05, 3.63) is 71.7 Å². The highest BCUT2D eigenvalue weighted by Gasteiger charge is 2.18. The molecular weight excluding hydrogens is 425 g/mol. The number of benzene rings is 2. The van der Waals surface area contributed by atoms with Crippen LogP contribution in [0.15, 0.2) is 59.6 Å². The summed E-state index contributed by atoms with van der Waals surface area (Å²) in [6.45, 7) is 1.93. The predicted octanol–water partition coefficient (Wildman–Crippen LogP) is 3.49. The maximum Gasteiger partial charge on any atom is 0.258 e. The average molecular weight is 445 g/mol. The number of hydrogen-bond acceptors (Lipinski definition) is 6. The van der Waals surface area contributed by atoms with Crippen molar-refractivity contribution in [1.82, 2.24) is 9.71 Å². The third kappa shape index (κ3) is 5.16. The average Bonchev–Trinajstić information content (AvgIpc) is 2.76. The monoisotopic (exact) mass is 445 g/mol. The zero-order chi connectivity index (χ0) is 22.6. The van der Waals surface area contributed by atoms with Crippen LogP contribution in [-0.2, 0) is 10.0 Å². The van der Waals surface area contributed by atoms with Gasteiger partial charge >= 0.3 is 0 Å². The Kier molecular flexibility index (Phi) is 6.52. The normalized spacial score (nSPS) is 11.1. The smallest absolute Gasteiger partial charge is 0.258 e. The maximum absolute atomic E-state index is 14.1. The van der Waals surface area contributed by atoms with E-state index < -0.39 is 27.3 Å². The van der Waals surface area contributed by atoms with Gasteiger partial charge in [0, 0.05) is 6.07 Å². The largest absolute Gasteiger partial charge is 0.493 e. The number of methoxy groups -OCH3 is 1. The summed E-state index contributed by atoms with van der Waals surface area (Å²) in [5, 5.41) is 2.48. The number of carbonyl (C=O) groups is 1. The van der Waals surface area contributed by atoms with E-state index in [1.54, 1.807) is 6.07 Å². The zero-order valence-electron chi connectivity index (χ0n) is 17.0. The van der Waals surface area contributed by atoms with Crippen molar-refractivity contribution < 1.29 is 27.1 Å². The second-order valence-electron chi connectivity index (χ2n) is 6.44. The fourth-order valence-electron chi connectivity index (χ4n) is 2.65. The van der Waals surface area contributed by atoms with Crippen molar-refractivity contribution in [3.8, 4) is 17.4 Å². The van der Waals surface area contributed by atoms with E-state index in [2.05, 4.69) is 15.0 Å². The number of rotatable bonds is 7. The van der Waals surface area contributed by atoms with Gasteiger partial charge in [-0.1, -0.05) is 6.07 Å². The fraction of sp³-hybridized carbons (Fsp3) is 0.143. The van der Waals surface area contributed by atoms with Crippen LogP contribution in [0.25, 0.3) is 0 Å². The first-order chi connectivity index (χ1) is 14.7. The fourth-order valence-corrected chi connectivity index (χ4v) is 3.40. The van der Waals surface area contributed by atoms with Gasteiger partial charge in [0.2, 0.25) is 15.9 Å². The second kappa shape index (κ2) is 9.11. The van der Waals surface area contributed by atoms with Gasteiger partial charge in [0.15, 0.2) is 11.5 Å². The van der Waals surface area contributed by atoms with E-state index in [-0.39, 0.29) is 16.5 Å². The second-order valence-corrected chi connectivity index (χ2v) is 8.33. The summed E-state index contributed by atoms with van der Waals surface area (Å²) < 4.78 is 51.0. The van der Waals surface area contributed by atoms with Gasteiger partial charge in [-0.05, 0) is 55.9 Å². The van der Waals surface area contributed by atoms with Crippen LogP contribution in [0, 0.1) is 12.7 Å². The third-order valence-corrected chi connectivity index (χ3v) is 5.70. The van der Waals surface area contributed by atoms with E-state index in [9.17, 15) is 17.6 Å². The number of amides is 1. The molecule has 0 bridgehead atoms. The summed E-state index contributed by atoms with van der Waals surface area (Å²) in [5.41, 5.74) is 0.865. The van der Waals surface area contributed by atoms with Crippen molar-refractivity contribution in [2.45, 2.75) is 11.8 Å². The molecule has 3 rings (SSSR count). The summed E-state index contributed by atoms with van der Waals surface area (Å²) in [6, 6.07) is 11.4. The molecule has 0 atom stereocenters. The molecule has 2 N–H and O–H groups in total.